The van der Waals surface area contributed by atoms with Gasteiger partial charge in [-0.3, -0.25) is 10.2 Å². The van der Waals surface area contributed by atoms with Gasteiger partial charge in [-0.25, -0.2) is 13.2 Å². The van der Waals surface area contributed by atoms with Crippen molar-refractivity contribution < 1.29 is 22.7 Å². The summed E-state index contributed by atoms with van der Waals surface area (Å²) in [5.41, 5.74) is 1.97. The molecule has 1 rings (SSSR count). The van der Waals surface area contributed by atoms with Crippen molar-refractivity contribution in [1.29, 1.82) is 0 Å². The molecule has 0 aliphatic heterocycles. The first kappa shape index (κ1) is 18.6. The van der Waals surface area contributed by atoms with Crippen molar-refractivity contribution >= 4 is 37.8 Å². The van der Waals surface area contributed by atoms with E-state index in [4.69, 9.17) is 0 Å². The van der Waals surface area contributed by atoms with Gasteiger partial charge in [0.1, 0.15) is 0 Å². The summed E-state index contributed by atoms with van der Waals surface area (Å²) in [5, 5.41) is 0. The molecule has 0 fully saturated rings. The van der Waals surface area contributed by atoms with Crippen molar-refractivity contribution in [3.8, 4) is 0 Å². The fourth-order valence-corrected chi connectivity index (χ4v) is 3.01. The van der Waals surface area contributed by atoms with Gasteiger partial charge in [-0.15, -0.1) is 4.83 Å². The summed E-state index contributed by atoms with van der Waals surface area (Å²) < 4.78 is 29.5. The monoisotopic (exact) mass is 392 g/mol. The zero-order valence-corrected chi connectivity index (χ0v) is 14.7. The average molecular weight is 393 g/mol. The molecule has 1 aromatic rings. The van der Waals surface area contributed by atoms with Gasteiger partial charge >= 0.3 is 5.97 Å². The van der Waals surface area contributed by atoms with Crippen LogP contribution in [0.15, 0.2) is 27.6 Å². The fraction of sp³-hybridized carbons (Fsp3) is 0.385. The van der Waals surface area contributed by atoms with Crippen LogP contribution in [0.2, 0.25) is 0 Å². The first-order valence-corrected chi connectivity index (χ1v) is 8.63. The zero-order chi connectivity index (χ0) is 16.9. The third-order valence-electron chi connectivity index (χ3n) is 2.55. The van der Waals surface area contributed by atoms with Gasteiger partial charge in [0.05, 0.1) is 17.6 Å². The molecule has 22 heavy (non-hydrogen) atoms. The predicted octanol–water partition coefficient (Wildman–Crippen LogP) is 1.59. The second-order valence-electron chi connectivity index (χ2n) is 4.88. The first-order valence-electron chi connectivity index (χ1n) is 6.36. The molecular formula is C13H17BrN2O5S. The lowest BCUT2D eigenvalue weighted by Gasteiger charge is -2.12. The maximum Gasteiger partial charge on any atom is 0.339 e. The Hall–Kier alpha value is -1.45. The van der Waals surface area contributed by atoms with Crippen LogP contribution in [0, 0.1) is 5.92 Å². The van der Waals surface area contributed by atoms with Crippen LogP contribution in [0.25, 0.3) is 0 Å². The minimum atomic E-state index is -4.10. The van der Waals surface area contributed by atoms with Gasteiger partial charge < -0.3 is 4.74 Å². The molecule has 2 N–H and O–H groups in total. The van der Waals surface area contributed by atoms with Crippen LogP contribution >= 0.6 is 15.9 Å². The van der Waals surface area contributed by atoms with E-state index in [1.54, 1.807) is 0 Å². The van der Waals surface area contributed by atoms with E-state index in [2.05, 4.69) is 26.1 Å². The zero-order valence-electron chi connectivity index (χ0n) is 12.3. The van der Waals surface area contributed by atoms with Crippen LogP contribution in [0.1, 0.15) is 30.6 Å². The standard InChI is InChI=1S/C13H17BrN2O5S/c1-8(2)6-12(17)15-16-22(19,20)11-5-4-9(14)7-10(11)13(18)21-3/h4-5,7-8,16H,6H2,1-3H3,(H,15,17). The normalized spacial score (nSPS) is 11.3. The molecule has 0 heterocycles. The SMILES string of the molecule is COC(=O)c1cc(Br)ccc1S(=O)(=O)NNC(=O)CC(C)C. The summed E-state index contributed by atoms with van der Waals surface area (Å²) in [6, 6.07) is 4.04. The summed E-state index contributed by atoms with van der Waals surface area (Å²) in [5.74, 6) is -1.17. The summed E-state index contributed by atoms with van der Waals surface area (Å²) in [4.78, 5) is 24.9. The lowest BCUT2D eigenvalue weighted by atomic mass is 10.1. The van der Waals surface area contributed by atoms with Gasteiger partial charge in [-0.05, 0) is 24.1 Å². The maximum atomic E-state index is 12.2. The Balaban J connectivity index is 3.03. The number of methoxy groups -OCH3 is 1. The number of carbonyl (C=O) groups excluding carboxylic acids is 2. The molecule has 1 aromatic carbocycles. The summed E-state index contributed by atoms with van der Waals surface area (Å²) >= 11 is 3.16. The molecule has 0 atom stereocenters. The van der Waals surface area contributed by atoms with Crippen molar-refractivity contribution in [1.82, 2.24) is 10.3 Å². The smallest absolute Gasteiger partial charge is 0.339 e. The molecule has 0 unspecified atom stereocenters. The fourth-order valence-electron chi connectivity index (χ4n) is 1.61. The highest BCUT2D eigenvalue weighted by molar-refractivity contribution is 9.10. The molecule has 9 heteroatoms. The van der Waals surface area contributed by atoms with Crippen LogP contribution in [0.5, 0.6) is 0 Å². The molecule has 0 saturated heterocycles. The van der Waals surface area contributed by atoms with E-state index in [0.717, 1.165) is 7.11 Å². The van der Waals surface area contributed by atoms with Crippen LogP contribution in [-0.4, -0.2) is 27.4 Å². The first-order chi connectivity index (χ1) is 10.2. The predicted molar refractivity (Wildman–Crippen MR) is 83.4 cm³/mol. The molecule has 0 spiro atoms. The second-order valence-corrected chi connectivity index (χ2v) is 7.45. The number of hydrogen-bond donors (Lipinski definition) is 2. The topological polar surface area (TPSA) is 102 Å². The van der Waals surface area contributed by atoms with Gasteiger partial charge in [0.15, 0.2) is 0 Å². The van der Waals surface area contributed by atoms with Crippen molar-refractivity contribution in [3.63, 3.8) is 0 Å². The van der Waals surface area contributed by atoms with Gasteiger partial charge in [0.2, 0.25) is 5.91 Å². The number of halogens is 1. The molecule has 0 aromatic heterocycles. The molecule has 0 aliphatic carbocycles. The molecule has 122 valence electrons. The Morgan fingerprint density at radius 1 is 1.32 bits per heavy atom. The minimum absolute atomic E-state index is 0.0859. The third kappa shape index (κ3) is 5.08. The van der Waals surface area contributed by atoms with Crippen LogP contribution in [-0.2, 0) is 19.6 Å². The Bertz CT molecular complexity index is 673. The Morgan fingerprint density at radius 2 is 1.95 bits per heavy atom. The van der Waals surface area contributed by atoms with Gasteiger partial charge in [-0.2, -0.15) is 0 Å². The van der Waals surface area contributed by atoms with Crippen molar-refractivity contribution in [2.75, 3.05) is 7.11 Å². The Labute approximate surface area is 137 Å². The van der Waals surface area contributed by atoms with Crippen molar-refractivity contribution in [2.45, 2.75) is 25.2 Å². The van der Waals surface area contributed by atoms with E-state index in [0.29, 0.717) is 4.47 Å². The summed E-state index contributed by atoms with van der Waals surface area (Å²) in [6.07, 6.45) is 0.173. The molecule has 0 saturated carbocycles. The number of sulfonamides is 1. The number of benzene rings is 1. The highest BCUT2D eigenvalue weighted by atomic mass is 79.9. The van der Waals surface area contributed by atoms with E-state index < -0.39 is 21.9 Å². The number of rotatable bonds is 6. The second kappa shape index (κ2) is 7.70. The number of hydrazine groups is 1. The maximum absolute atomic E-state index is 12.2. The van der Waals surface area contributed by atoms with Gasteiger partial charge in [0, 0.05) is 10.9 Å². The van der Waals surface area contributed by atoms with Crippen LogP contribution in [0.3, 0.4) is 0 Å². The molecule has 7 nitrogen and oxygen atoms in total. The molecule has 0 radical (unpaired) electrons. The largest absolute Gasteiger partial charge is 0.465 e. The van der Waals surface area contributed by atoms with Crippen molar-refractivity contribution in [3.05, 3.63) is 28.2 Å². The number of amides is 1. The lowest BCUT2D eigenvalue weighted by molar-refractivity contribution is -0.122. The van der Waals surface area contributed by atoms with E-state index in [-0.39, 0.29) is 22.8 Å². The highest BCUT2D eigenvalue weighted by Gasteiger charge is 2.24. The number of hydrogen-bond acceptors (Lipinski definition) is 5. The summed E-state index contributed by atoms with van der Waals surface area (Å²) in [7, 11) is -2.95. The minimum Gasteiger partial charge on any atom is -0.465 e. The van der Waals surface area contributed by atoms with E-state index in [1.165, 1.54) is 18.2 Å². The Morgan fingerprint density at radius 3 is 2.50 bits per heavy atom. The van der Waals surface area contributed by atoms with Gasteiger partial charge in [0.25, 0.3) is 10.0 Å². The van der Waals surface area contributed by atoms with Crippen LogP contribution in [0.4, 0.5) is 0 Å². The molecule has 0 bridgehead atoms. The number of carbonyl (C=O) groups is 2. The highest BCUT2D eigenvalue weighted by Crippen LogP contribution is 2.21. The average Bonchev–Trinajstić information content (AvgIpc) is 2.43. The number of ether oxygens (including phenoxy) is 1. The van der Waals surface area contributed by atoms with Crippen molar-refractivity contribution in [2.24, 2.45) is 5.92 Å². The molecule has 0 aliphatic rings. The van der Waals surface area contributed by atoms with E-state index >= 15 is 0 Å². The van der Waals surface area contributed by atoms with Crippen LogP contribution < -0.4 is 10.3 Å². The van der Waals surface area contributed by atoms with Gasteiger partial charge in [-0.1, -0.05) is 29.8 Å². The quantitative estimate of drug-likeness (QED) is 0.565. The Kier molecular flexibility index (Phi) is 6.51. The lowest BCUT2D eigenvalue weighted by Crippen LogP contribution is -2.42. The van der Waals surface area contributed by atoms with E-state index in [1.807, 2.05) is 18.7 Å². The molecule has 1 amide bonds. The summed E-state index contributed by atoms with van der Waals surface area (Å²) in [6.45, 7) is 3.66. The van der Waals surface area contributed by atoms with E-state index in [9.17, 15) is 18.0 Å². The molecular weight excluding hydrogens is 376 g/mol. The third-order valence-corrected chi connectivity index (χ3v) is 4.35. The number of nitrogens with one attached hydrogen (secondary N) is 2. The number of esters is 1.